The Morgan fingerprint density at radius 2 is 1.93 bits per heavy atom. The largest absolute Gasteiger partial charge is 0.357 e. The summed E-state index contributed by atoms with van der Waals surface area (Å²) in [5.74, 6) is -0.0244. The molecule has 6 nitrogen and oxygen atoms in total. The molecular weight excluding hydrogens is 338 g/mol. The van der Waals surface area contributed by atoms with E-state index in [0.717, 1.165) is 33.4 Å². The Labute approximate surface area is 157 Å². The minimum atomic E-state index is -0.0244. The molecule has 2 N–H and O–H groups in total. The molecule has 0 atom stereocenters. The fourth-order valence-corrected chi connectivity index (χ4v) is 3.29. The average molecular weight is 359 g/mol. The van der Waals surface area contributed by atoms with E-state index in [1.807, 2.05) is 67.5 Å². The first-order valence-corrected chi connectivity index (χ1v) is 8.98. The molecule has 4 aromatic rings. The normalized spacial score (nSPS) is 11.0. The molecule has 0 aliphatic rings. The number of aromatic nitrogens is 4. The summed E-state index contributed by atoms with van der Waals surface area (Å²) in [6.45, 7) is 5.22. The van der Waals surface area contributed by atoms with Gasteiger partial charge >= 0.3 is 0 Å². The first kappa shape index (κ1) is 17.0. The van der Waals surface area contributed by atoms with E-state index in [9.17, 15) is 4.79 Å². The van der Waals surface area contributed by atoms with Gasteiger partial charge in [-0.3, -0.25) is 4.79 Å². The lowest BCUT2D eigenvalue weighted by Gasteiger charge is -2.20. The van der Waals surface area contributed by atoms with Crippen LogP contribution in [0.25, 0.3) is 22.3 Å². The zero-order valence-electron chi connectivity index (χ0n) is 15.4. The van der Waals surface area contributed by atoms with Gasteiger partial charge in [0.25, 0.3) is 5.91 Å². The van der Waals surface area contributed by atoms with Gasteiger partial charge in [-0.15, -0.1) is 0 Å². The monoisotopic (exact) mass is 359 g/mol. The van der Waals surface area contributed by atoms with Crippen LogP contribution in [0.3, 0.4) is 0 Å². The molecule has 1 aromatic carbocycles. The number of carbonyl (C=O) groups is 1. The Bertz CT molecular complexity index is 1080. The number of aromatic amines is 2. The van der Waals surface area contributed by atoms with Gasteiger partial charge in [-0.2, -0.15) is 0 Å². The predicted molar refractivity (Wildman–Crippen MR) is 105 cm³/mol. The Hall–Kier alpha value is -3.41. The molecule has 27 heavy (non-hydrogen) atoms. The Kier molecular flexibility index (Phi) is 4.46. The summed E-state index contributed by atoms with van der Waals surface area (Å²) < 4.78 is 0. The summed E-state index contributed by atoms with van der Waals surface area (Å²) in [4.78, 5) is 29.8. The van der Waals surface area contributed by atoms with Crippen LogP contribution in [0.15, 0.2) is 55.1 Å². The third kappa shape index (κ3) is 3.21. The molecule has 0 aliphatic heterocycles. The van der Waals surface area contributed by atoms with E-state index < -0.39 is 0 Å². The fraction of sp³-hybridized carbons (Fsp3) is 0.190. The zero-order valence-corrected chi connectivity index (χ0v) is 15.4. The van der Waals surface area contributed by atoms with Gasteiger partial charge in [-0.05, 0) is 31.0 Å². The quantitative estimate of drug-likeness (QED) is 0.567. The lowest BCUT2D eigenvalue weighted by molar-refractivity contribution is 0.0747. The van der Waals surface area contributed by atoms with Gasteiger partial charge in [-0.1, -0.05) is 30.3 Å². The topological polar surface area (TPSA) is 77.7 Å². The minimum absolute atomic E-state index is 0.0244. The van der Waals surface area contributed by atoms with E-state index in [1.165, 1.54) is 6.33 Å². The van der Waals surface area contributed by atoms with Gasteiger partial charge in [0.15, 0.2) is 0 Å². The molecule has 3 aromatic heterocycles. The molecule has 6 heteroatoms. The van der Waals surface area contributed by atoms with Gasteiger partial charge < -0.3 is 14.9 Å². The van der Waals surface area contributed by atoms with E-state index in [0.29, 0.717) is 18.8 Å². The SMILES string of the molecule is CCN(Cc1ccccc1)C(=O)c1cc(-c2ncnc3[nH]cc(C)c23)c[nH]1. The molecule has 0 radical (unpaired) electrons. The molecule has 3 heterocycles. The number of benzene rings is 1. The van der Waals surface area contributed by atoms with Gasteiger partial charge in [0, 0.05) is 36.4 Å². The molecule has 0 fully saturated rings. The first-order chi connectivity index (χ1) is 13.2. The maximum absolute atomic E-state index is 13.0. The summed E-state index contributed by atoms with van der Waals surface area (Å²) in [7, 11) is 0. The van der Waals surface area contributed by atoms with Crippen molar-refractivity contribution in [2.45, 2.75) is 20.4 Å². The molecule has 0 saturated heterocycles. The highest BCUT2D eigenvalue weighted by Crippen LogP contribution is 2.28. The molecular formula is C21H21N5O. The molecule has 0 unspecified atom stereocenters. The fourth-order valence-electron chi connectivity index (χ4n) is 3.29. The number of fused-ring (bicyclic) bond motifs is 1. The van der Waals surface area contributed by atoms with Crippen LogP contribution < -0.4 is 0 Å². The number of aryl methyl sites for hydroxylation is 1. The van der Waals surface area contributed by atoms with E-state index in [-0.39, 0.29) is 5.91 Å². The summed E-state index contributed by atoms with van der Waals surface area (Å²) in [5, 5.41) is 0.979. The standard InChI is InChI=1S/C21H21N5O/c1-3-26(12-15-7-5-4-6-8-15)21(27)17-9-16(11-22-17)19-18-14(2)10-23-20(18)25-13-24-19/h4-11,13,22H,3,12H2,1-2H3,(H,23,24,25). The van der Waals surface area contributed by atoms with Crippen LogP contribution >= 0.6 is 0 Å². The second-order valence-electron chi connectivity index (χ2n) is 6.52. The molecule has 0 spiro atoms. The molecule has 136 valence electrons. The number of carbonyl (C=O) groups excluding carboxylic acids is 1. The van der Waals surface area contributed by atoms with Crippen LogP contribution in [0.4, 0.5) is 0 Å². The van der Waals surface area contributed by atoms with Crippen molar-refractivity contribution in [2.75, 3.05) is 6.54 Å². The highest BCUT2D eigenvalue weighted by Gasteiger charge is 2.18. The maximum atomic E-state index is 13.0. The maximum Gasteiger partial charge on any atom is 0.270 e. The number of hydrogen-bond acceptors (Lipinski definition) is 3. The van der Waals surface area contributed by atoms with Crippen molar-refractivity contribution in [2.24, 2.45) is 0 Å². The summed E-state index contributed by atoms with van der Waals surface area (Å²) in [6, 6.07) is 11.9. The first-order valence-electron chi connectivity index (χ1n) is 8.98. The van der Waals surface area contributed by atoms with Gasteiger partial charge in [0.1, 0.15) is 17.7 Å². The average Bonchev–Trinajstić information content (AvgIpc) is 3.34. The number of nitrogens with one attached hydrogen (secondary N) is 2. The number of hydrogen-bond donors (Lipinski definition) is 2. The Balaban J connectivity index is 1.63. The van der Waals surface area contributed by atoms with Crippen LogP contribution in [0.1, 0.15) is 28.5 Å². The highest BCUT2D eigenvalue weighted by atomic mass is 16.2. The molecule has 0 aliphatic carbocycles. The van der Waals surface area contributed by atoms with Gasteiger partial charge in [-0.25, -0.2) is 9.97 Å². The van der Waals surface area contributed by atoms with Crippen LogP contribution in [0.2, 0.25) is 0 Å². The van der Waals surface area contributed by atoms with Crippen LogP contribution in [0, 0.1) is 6.92 Å². The Morgan fingerprint density at radius 1 is 1.11 bits per heavy atom. The molecule has 4 rings (SSSR count). The number of rotatable bonds is 5. The van der Waals surface area contributed by atoms with E-state index >= 15 is 0 Å². The lowest BCUT2D eigenvalue weighted by atomic mass is 10.1. The molecule has 0 bridgehead atoms. The zero-order chi connectivity index (χ0) is 18.8. The summed E-state index contributed by atoms with van der Waals surface area (Å²) in [5.41, 5.74) is 5.24. The Morgan fingerprint density at radius 3 is 2.70 bits per heavy atom. The van der Waals surface area contributed by atoms with Crippen molar-refractivity contribution in [3.63, 3.8) is 0 Å². The summed E-state index contributed by atoms with van der Waals surface area (Å²) in [6.07, 6.45) is 5.29. The predicted octanol–water partition coefficient (Wildman–Crippen LogP) is 3.92. The van der Waals surface area contributed by atoms with Gasteiger partial charge in [0.05, 0.1) is 5.69 Å². The number of amides is 1. The van der Waals surface area contributed by atoms with Crippen molar-refractivity contribution >= 4 is 16.9 Å². The third-order valence-corrected chi connectivity index (χ3v) is 4.74. The lowest BCUT2D eigenvalue weighted by Crippen LogP contribution is -2.30. The minimum Gasteiger partial charge on any atom is -0.357 e. The number of nitrogens with zero attached hydrogens (tertiary/aromatic N) is 3. The second-order valence-corrected chi connectivity index (χ2v) is 6.52. The second kappa shape index (κ2) is 7.07. The highest BCUT2D eigenvalue weighted by molar-refractivity contribution is 5.97. The molecule has 0 saturated carbocycles. The van der Waals surface area contributed by atoms with Crippen molar-refractivity contribution in [3.05, 3.63) is 71.9 Å². The van der Waals surface area contributed by atoms with Crippen molar-refractivity contribution in [3.8, 4) is 11.3 Å². The van der Waals surface area contributed by atoms with E-state index in [4.69, 9.17) is 0 Å². The van der Waals surface area contributed by atoms with Crippen molar-refractivity contribution in [1.82, 2.24) is 24.8 Å². The van der Waals surface area contributed by atoms with E-state index in [1.54, 1.807) is 0 Å². The van der Waals surface area contributed by atoms with Crippen molar-refractivity contribution < 1.29 is 4.79 Å². The van der Waals surface area contributed by atoms with Crippen LogP contribution in [0.5, 0.6) is 0 Å². The van der Waals surface area contributed by atoms with E-state index in [2.05, 4.69) is 19.9 Å². The van der Waals surface area contributed by atoms with Gasteiger partial charge in [0.2, 0.25) is 0 Å². The third-order valence-electron chi connectivity index (χ3n) is 4.74. The smallest absolute Gasteiger partial charge is 0.270 e. The van der Waals surface area contributed by atoms with Crippen LogP contribution in [-0.4, -0.2) is 37.3 Å². The summed E-state index contributed by atoms with van der Waals surface area (Å²) >= 11 is 0. The molecule has 1 amide bonds. The number of H-pyrrole nitrogens is 2. The van der Waals surface area contributed by atoms with Crippen molar-refractivity contribution in [1.29, 1.82) is 0 Å². The van der Waals surface area contributed by atoms with Crippen LogP contribution in [-0.2, 0) is 6.54 Å².